The molecule has 1 aliphatic rings. The normalized spacial score (nSPS) is 17.2. The van der Waals surface area contributed by atoms with Gasteiger partial charge in [0.15, 0.2) is 11.0 Å². The van der Waals surface area contributed by atoms with Crippen LogP contribution < -0.4 is 15.6 Å². The van der Waals surface area contributed by atoms with E-state index in [0.29, 0.717) is 11.4 Å². The van der Waals surface area contributed by atoms with Crippen molar-refractivity contribution >= 4 is 21.8 Å². The molecule has 2 rings (SSSR count). The summed E-state index contributed by atoms with van der Waals surface area (Å²) in [4.78, 5) is 11.6. The fraction of sp³-hybridized carbons (Fsp3) is 0.364. The zero-order chi connectivity index (χ0) is 12.4. The van der Waals surface area contributed by atoms with Gasteiger partial charge in [0, 0.05) is 5.69 Å². The lowest BCUT2D eigenvalue weighted by atomic mass is 9.96. The molecule has 0 bridgehead atoms. The Hall–Kier alpha value is -1.40. The standard InChI is InChI=1S/C11H14N2O3S/c12-7-4-5-10(16-8-2-1-3-8)9(6-7)11(14)17(13)15/h4-6,8H,1-3,12-13H2. The molecule has 1 atom stereocenters. The van der Waals surface area contributed by atoms with Crippen LogP contribution in [0, 0.1) is 0 Å². The van der Waals surface area contributed by atoms with Crippen molar-refractivity contribution in [3.05, 3.63) is 23.8 Å². The summed E-state index contributed by atoms with van der Waals surface area (Å²) in [7, 11) is -2.05. The van der Waals surface area contributed by atoms with Crippen LogP contribution in [0.3, 0.4) is 0 Å². The first-order chi connectivity index (χ1) is 8.08. The second kappa shape index (κ2) is 4.85. The second-order valence-corrected chi connectivity index (χ2v) is 4.98. The Morgan fingerprint density at radius 1 is 1.41 bits per heavy atom. The van der Waals surface area contributed by atoms with E-state index >= 15 is 0 Å². The third kappa shape index (κ3) is 2.65. The van der Waals surface area contributed by atoms with Crippen molar-refractivity contribution in [3.63, 3.8) is 0 Å². The van der Waals surface area contributed by atoms with E-state index < -0.39 is 16.1 Å². The molecular weight excluding hydrogens is 240 g/mol. The topological polar surface area (TPSA) is 95.4 Å². The van der Waals surface area contributed by atoms with E-state index in [1.54, 1.807) is 12.1 Å². The van der Waals surface area contributed by atoms with Gasteiger partial charge in [-0.3, -0.25) is 4.79 Å². The number of hydrogen-bond donors (Lipinski definition) is 2. The largest absolute Gasteiger partial charge is 0.490 e. The van der Waals surface area contributed by atoms with E-state index in [1.165, 1.54) is 6.07 Å². The lowest BCUT2D eigenvalue weighted by Gasteiger charge is -2.27. The van der Waals surface area contributed by atoms with Gasteiger partial charge in [-0.2, -0.15) is 0 Å². The smallest absolute Gasteiger partial charge is 0.267 e. The van der Waals surface area contributed by atoms with Crippen LogP contribution in [0.15, 0.2) is 18.2 Å². The summed E-state index contributed by atoms with van der Waals surface area (Å²) in [5, 5.41) is 4.43. The Labute approximate surface area is 102 Å². The molecule has 1 saturated carbocycles. The van der Waals surface area contributed by atoms with Crippen molar-refractivity contribution in [2.45, 2.75) is 25.4 Å². The van der Waals surface area contributed by atoms with Crippen LogP contribution in [-0.4, -0.2) is 15.4 Å². The Kier molecular flexibility index (Phi) is 3.44. The first-order valence-electron chi connectivity index (χ1n) is 5.34. The number of anilines is 1. The zero-order valence-electron chi connectivity index (χ0n) is 9.22. The third-order valence-electron chi connectivity index (χ3n) is 2.75. The number of nitrogens with two attached hydrogens (primary N) is 2. The van der Waals surface area contributed by atoms with E-state index in [2.05, 4.69) is 0 Å². The van der Waals surface area contributed by atoms with E-state index in [0.717, 1.165) is 19.3 Å². The number of hydrogen-bond acceptors (Lipinski definition) is 4. The van der Waals surface area contributed by atoms with Crippen molar-refractivity contribution in [3.8, 4) is 5.75 Å². The fourth-order valence-corrected chi connectivity index (χ4v) is 1.96. The summed E-state index contributed by atoms with van der Waals surface area (Å²) in [6.07, 6.45) is 3.22. The summed E-state index contributed by atoms with van der Waals surface area (Å²) in [6, 6.07) is 4.71. The van der Waals surface area contributed by atoms with Crippen molar-refractivity contribution in [1.82, 2.24) is 0 Å². The quantitative estimate of drug-likeness (QED) is 0.785. The van der Waals surface area contributed by atoms with Gasteiger partial charge in [0.1, 0.15) is 5.75 Å². The summed E-state index contributed by atoms with van der Waals surface area (Å²) in [5.41, 5.74) is 6.20. The molecule has 92 valence electrons. The minimum atomic E-state index is -2.05. The van der Waals surface area contributed by atoms with Gasteiger partial charge in [-0.05, 0) is 37.5 Å². The minimum absolute atomic E-state index is 0.136. The van der Waals surface area contributed by atoms with E-state index in [-0.39, 0.29) is 11.7 Å². The maximum atomic E-state index is 11.6. The molecule has 1 fully saturated rings. The fourth-order valence-electron chi connectivity index (χ4n) is 1.59. The Balaban J connectivity index is 2.29. The Bertz CT molecular complexity index is 472. The summed E-state index contributed by atoms with van der Waals surface area (Å²) >= 11 is 0. The number of carbonyl (C=O) groups excluding carboxylic acids is 1. The average molecular weight is 254 g/mol. The second-order valence-electron chi connectivity index (χ2n) is 4.01. The van der Waals surface area contributed by atoms with Crippen LogP contribution in [-0.2, 0) is 11.0 Å². The van der Waals surface area contributed by atoms with Crippen LogP contribution in [0.1, 0.15) is 29.6 Å². The molecule has 1 aromatic rings. The third-order valence-corrected chi connectivity index (χ3v) is 3.34. The summed E-state index contributed by atoms with van der Waals surface area (Å²) in [6.45, 7) is 0. The highest BCUT2D eigenvalue weighted by molar-refractivity contribution is 7.98. The highest BCUT2D eigenvalue weighted by Crippen LogP contribution is 2.29. The molecule has 0 heterocycles. The molecular formula is C11H14N2O3S. The van der Waals surface area contributed by atoms with Crippen LogP contribution in [0.2, 0.25) is 0 Å². The summed E-state index contributed by atoms with van der Waals surface area (Å²) in [5.74, 6) is 0.410. The van der Waals surface area contributed by atoms with Crippen LogP contribution in [0.25, 0.3) is 0 Å². The molecule has 0 aromatic heterocycles. The molecule has 17 heavy (non-hydrogen) atoms. The lowest BCUT2D eigenvalue weighted by Crippen LogP contribution is -2.26. The maximum absolute atomic E-state index is 11.6. The van der Waals surface area contributed by atoms with Crippen LogP contribution in [0.5, 0.6) is 5.75 Å². The van der Waals surface area contributed by atoms with Gasteiger partial charge in [-0.25, -0.2) is 9.35 Å². The number of nitrogen functional groups attached to an aromatic ring is 1. The predicted molar refractivity (Wildman–Crippen MR) is 65.8 cm³/mol. The monoisotopic (exact) mass is 254 g/mol. The minimum Gasteiger partial charge on any atom is -0.490 e. The number of rotatable bonds is 3. The SMILES string of the molecule is Nc1ccc(OC2CCC2)c(C(=O)S(N)=O)c1. The molecule has 0 amide bonds. The zero-order valence-corrected chi connectivity index (χ0v) is 10.0. The lowest BCUT2D eigenvalue weighted by molar-refractivity contribution is 0.104. The Morgan fingerprint density at radius 2 is 2.12 bits per heavy atom. The first kappa shape index (κ1) is 12.1. The van der Waals surface area contributed by atoms with Gasteiger partial charge in [-0.1, -0.05) is 0 Å². The molecule has 1 aliphatic carbocycles. The summed E-state index contributed by atoms with van der Waals surface area (Å²) < 4.78 is 16.7. The van der Waals surface area contributed by atoms with Crippen molar-refractivity contribution in [2.24, 2.45) is 5.14 Å². The molecule has 0 aliphatic heterocycles. The van der Waals surface area contributed by atoms with Crippen LogP contribution in [0.4, 0.5) is 5.69 Å². The number of benzene rings is 1. The van der Waals surface area contributed by atoms with Gasteiger partial charge in [-0.15, -0.1) is 0 Å². The van der Waals surface area contributed by atoms with Crippen molar-refractivity contribution in [1.29, 1.82) is 0 Å². The first-order valence-corrected chi connectivity index (χ1v) is 6.56. The average Bonchev–Trinajstić information content (AvgIpc) is 2.23. The molecule has 0 spiro atoms. The highest BCUT2D eigenvalue weighted by atomic mass is 32.2. The van der Waals surface area contributed by atoms with Gasteiger partial charge in [0.05, 0.1) is 11.7 Å². The molecule has 6 heteroatoms. The van der Waals surface area contributed by atoms with E-state index in [1.807, 2.05) is 0 Å². The molecule has 0 saturated heterocycles. The molecule has 1 aromatic carbocycles. The highest BCUT2D eigenvalue weighted by Gasteiger charge is 2.23. The number of ether oxygens (including phenoxy) is 1. The molecule has 0 radical (unpaired) electrons. The molecule has 4 N–H and O–H groups in total. The number of carbonyl (C=O) groups is 1. The van der Waals surface area contributed by atoms with E-state index in [4.69, 9.17) is 15.6 Å². The van der Waals surface area contributed by atoms with Crippen molar-refractivity contribution in [2.75, 3.05) is 5.73 Å². The molecule has 1 unspecified atom stereocenters. The van der Waals surface area contributed by atoms with Crippen LogP contribution >= 0.6 is 0 Å². The van der Waals surface area contributed by atoms with E-state index in [9.17, 15) is 9.00 Å². The van der Waals surface area contributed by atoms with Gasteiger partial charge in [0.2, 0.25) is 0 Å². The van der Waals surface area contributed by atoms with Crippen molar-refractivity contribution < 1.29 is 13.7 Å². The van der Waals surface area contributed by atoms with Gasteiger partial charge in [0.25, 0.3) is 5.12 Å². The maximum Gasteiger partial charge on any atom is 0.267 e. The van der Waals surface area contributed by atoms with Gasteiger partial charge < -0.3 is 10.5 Å². The predicted octanol–water partition coefficient (Wildman–Crippen LogP) is 0.963. The van der Waals surface area contributed by atoms with Gasteiger partial charge >= 0.3 is 0 Å². The Morgan fingerprint density at radius 3 is 2.65 bits per heavy atom. The molecule has 5 nitrogen and oxygen atoms in total.